The number of benzene rings is 2. The molecule has 0 unspecified atom stereocenters. The number of halogens is 1. The van der Waals surface area contributed by atoms with Crippen molar-refractivity contribution >= 4 is 39.4 Å². The first-order valence-electron chi connectivity index (χ1n) is 7.45. The second-order valence-electron chi connectivity index (χ2n) is 5.08. The number of guanidine groups is 1. The average molecular weight is 419 g/mol. The zero-order valence-electron chi connectivity index (χ0n) is 13.7. The van der Waals surface area contributed by atoms with Gasteiger partial charge in [0.05, 0.1) is 19.3 Å². The number of anilines is 1. The number of rotatable bonds is 5. The van der Waals surface area contributed by atoms with Crippen molar-refractivity contribution in [3.05, 3.63) is 65.5 Å². The topological polar surface area (TPSA) is 72.5 Å². The zero-order chi connectivity index (χ0) is 16.8. The molecule has 0 fully saturated rings. The lowest BCUT2D eigenvalue weighted by atomic mass is 10.2. The van der Waals surface area contributed by atoms with Crippen molar-refractivity contribution in [2.45, 2.75) is 6.54 Å². The van der Waals surface area contributed by atoms with Crippen molar-refractivity contribution in [1.82, 2.24) is 4.98 Å². The Balaban J connectivity index is 0.00000225. The molecular weight excluding hydrogens is 400 g/mol. The SMILES string of the molecule is Br.COc1ccc(-c2csc(NC(N)=NCc3ccccc3)n2)cc1. The normalized spacial score (nSPS) is 10.8. The number of methoxy groups -OCH3 is 1. The minimum atomic E-state index is 0. The van der Waals surface area contributed by atoms with E-state index in [1.54, 1.807) is 7.11 Å². The molecule has 0 spiro atoms. The van der Waals surface area contributed by atoms with Gasteiger partial charge in [-0.3, -0.25) is 0 Å². The Morgan fingerprint density at radius 2 is 1.88 bits per heavy atom. The van der Waals surface area contributed by atoms with Gasteiger partial charge in [-0.05, 0) is 29.8 Å². The van der Waals surface area contributed by atoms with E-state index in [4.69, 9.17) is 10.5 Å². The minimum absolute atomic E-state index is 0. The van der Waals surface area contributed by atoms with Crippen LogP contribution in [0.4, 0.5) is 5.13 Å². The number of thiazole rings is 1. The van der Waals surface area contributed by atoms with Crippen LogP contribution in [0, 0.1) is 0 Å². The average Bonchev–Trinajstić information content (AvgIpc) is 3.09. The third-order valence-corrected chi connectivity index (χ3v) is 4.16. The van der Waals surface area contributed by atoms with E-state index < -0.39 is 0 Å². The number of nitrogens with one attached hydrogen (secondary N) is 1. The van der Waals surface area contributed by atoms with E-state index in [0.29, 0.717) is 12.5 Å². The lowest BCUT2D eigenvalue weighted by Gasteiger charge is -2.02. The number of hydrogen-bond donors (Lipinski definition) is 2. The predicted molar refractivity (Wildman–Crippen MR) is 110 cm³/mol. The molecule has 0 saturated carbocycles. The fraction of sp³-hybridized carbons (Fsp3) is 0.111. The van der Waals surface area contributed by atoms with Crippen molar-refractivity contribution < 1.29 is 4.74 Å². The Bertz CT molecular complexity index is 819. The number of aromatic nitrogens is 1. The van der Waals surface area contributed by atoms with E-state index in [0.717, 1.165) is 27.7 Å². The molecule has 2 aromatic carbocycles. The van der Waals surface area contributed by atoms with Crippen LogP contribution in [-0.4, -0.2) is 18.1 Å². The molecule has 0 amide bonds. The van der Waals surface area contributed by atoms with Crippen LogP contribution in [0.1, 0.15) is 5.56 Å². The number of aliphatic imine (C=N–C) groups is 1. The van der Waals surface area contributed by atoms with Crippen LogP contribution < -0.4 is 15.8 Å². The van der Waals surface area contributed by atoms with E-state index in [2.05, 4.69) is 15.3 Å². The number of ether oxygens (including phenoxy) is 1. The Labute approximate surface area is 161 Å². The maximum Gasteiger partial charge on any atom is 0.195 e. The summed E-state index contributed by atoms with van der Waals surface area (Å²) in [7, 11) is 1.65. The number of nitrogens with two attached hydrogens (primary N) is 1. The summed E-state index contributed by atoms with van der Waals surface area (Å²) in [4.78, 5) is 8.86. The molecule has 1 aromatic heterocycles. The minimum Gasteiger partial charge on any atom is -0.497 e. The van der Waals surface area contributed by atoms with Gasteiger partial charge >= 0.3 is 0 Å². The highest BCUT2D eigenvalue weighted by atomic mass is 79.9. The summed E-state index contributed by atoms with van der Waals surface area (Å²) in [5, 5.41) is 5.73. The molecule has 7 heteroatoms. The zero-order valence-corrected chi connectivity index (χ0v) is 16.2. The Morgan fingerprint density at radius 3 is 2.56 bits per heavy atom. The third-order valence-electron chi connectivity index (χ3n) is 3.40. The van der Waals surface area contributed by atoms with Crippen LogP contribution in [0.2, 0.25) is 0 Å². The van der Waals surface area contributed by atoms with Gasteiger partial charge < -0.3 is 15.8 Å². The lowest BCUT2D eigenvalue weighted by molar-refractivity contribution is 0.415. The van der Waals surface area contributed by atoms with Crippen LogP contribution in [0.25, 0.3) is 11.3 Å². The van der Waals surface area contributed by atoms with Gasteiger partial charge in [0, 0.05) is 10.9 Å². The Kier molecular flexibility index (Phi) is 6.97. The highest BCUT2D eigenvalue weighted by Gasteiger charge is 2.05. The first-order chi connectivity index (χ1) is 11.7. The molecule has 3 aromatic rings. The molecule has 130 valence electrons. The van der Waals surface area contributed by atoms with Crippen LogP contribution >= 0.6 is 28.3 Å². The predicted octanol–water partition coefficient (Wildman–Crippen LogP) is 4.32. The van der Waals surface area contributed by atoms with Crippen molar-refractivity contribution in [3.63, 3.8) is 0 Å². The van der Waals surface area contributed by atoms with Crippen LogP contribution in [0.5, 0.6) is 5.75 Å². The summed E-state index contributed by atoms with van der Waals surface area (Å²) in [6.07, 6.45) is 0. The van der Waals surface area contributed by atoms with Crippen molar-refractivity contribution in [2.75, 3.05) is 12.4 Å². The van der Waals surface area contributed by atoms with E-state index >= 15 is 0 Å². The smallest absolute Gasteiger partial charge is 0.195 e. The number of nitrogens with zero attached hydrogens (tertiary/aromatic N) is 2. The summed E-state index contributed by atoms with van der Waals surface area (Å²) >= 11 is 1.49. The van der Waals surface area contributed by atoms with E-state index in [-0.39, 0.29) is 17.0 Å². The molecule has 3 N–H and O–H groups in total. The van der Waals surface area contributed by atoms with Gasteiger partial charge in [-0.15, -0.1) is 28.3 Å². The van der Waals surface area contributed by atoms with Crippen molar-refractivity contribution in [1.29, 1.82) is 0 Å². The van der Waals surface area contributed by atoms with Gasteiger partial charge in [-0.25, -0.2) is 9.98 Å². The molecule has 0 bridgehead atoms. The van der Waals surface area contributed by atoms with Crippen LogP contribution in [0.3, 0.4) is 0 Å². The summed E-state index contributed by atoms with van der Waals surface area (Å²) < 4.78 is 5.16. The van der Waals surface area contributed by atoms with Gasteiger partial charge in [0.2, 0.25) is 0 Å². The maximum atomic E-state index is 5.93. The monoisotopic (exact) mass is 418 g/mol. The van der Waals surface area contributed by atoms with Gasteiger partial charge in [0.15, 0.2) is 11.1 Å². The summed E-state index contributed by atoms with van der Waals surface area (Å²) in [5.41, 5.74) is 8.96. The number of hydrogen-bond acceptors (Lipinski definition) is 4. The van der Waals surface area contributed by atoms with Crippen LogP contribution in [-0.2, 0) is 6.54 Å². The summed E-state index contributed by atoms with van der Waals surface area (Å²) in [6.45, 7) is 0.538. The largest absolute Gasteiger partial charge is 0.497 e. The van der Waals surface area contributed by atoms with Gasteiger partial charge in [0.1, 0.15) is 5.75 Å². The van der Waals surface area contributed by atoms with Gasteiger partial charge in [-0.2, -0.15) is 0 Å². The molecule has 25 heavy (non-hydrogen) atoms. The third kappa shape index (κ3) is 5.30. The molecular formula is C18H19BrN4OS. The van der Waals surface area contributed by atoms with Crippen molar-refractivity contribution in [3.8, 4) is 17.0 Å². The first kappa shape index (κ1) is 19.0. The fourth-order valence-corrected chi connectivity index (χ4v) is 2.86. The molecule has 0 aliphatic rings. The highest BCUT2D eigenvalue weighted by molar-refractivity contribution is 8.93. The highest BCUT2D eigenvalue weighted by Crippen LogP contribution is 2.26. The second kappa shape index (κ2) is 9.19. The molecule has 1 heterocycles. The molecule has 0 aliphatic heterocycles. The second-order valence-corrected chi connectivity index (χ2v) is 5.94. The van der Waals surface area contributed by atoms with Crippen LogP contribution in [0.15, 0.2) is 65.0 Å². The Morgan fingerprint density at radius 1 is 1.16 bits per heavy atom. The first-order valence-corrected chi connectivity index (χ1v) is 8.33. The molecule has 5 nitrogen and oxygen atoms in total. The molecule has 0 aliphatic carbocycles. The quantitative estimate of drug-likeness (QED) is 0.477. The standard InChI is InChI=1S/C18H18N4OS.BrH/c1-23-15-9-7-14(8-10-15)16-12-24-18(21-16)22-17(19)20-11-13-5-3-2-4-6-13;/h2-10,12H,11H2,1H3,(H3,19,20,21,22);1H. The Hall–Kier alpha value is -2.38. The molecule has 3 rings (SSSR count). The van der Waals surface area contributed by atoms with E-state index in [9.17, 15) is 0 Å². The summed E-state index contributed by atoms with van der Waals surface area (Å²) in [6, 6.07) is 17.8. The van der Waals surface area contributed by atoms with E-state index in [1.807, 2.05) is 60.0 Å². The maximum absolute atomic E-state index is 5.93. The van der Waals surface area contributed by atoms with Gasteiger partial charge in [-0.1, -0.05) is 30.3 Å². The molecule has 0 saturated heterocycles. The van der Waals surface area contributed by atoms with Crippen molar-refractivity contribution in [2.24, 2.45) is 10.7 Å². The fourth-order valence-electron chi connectivity index (χ4n) is 2.13. The summed E-state index contributed by atoms with van der Waals surface area (Å²) in [5.74, 6) is 1.18. The van der Waals surface area contributed by atoms with E-state index in [1.165, 1.54) is 11.3 Å². The lowest BCUT2D eigenvalue weighted by Crippen LogP contribution is -2.22. The van der Waals surface area contributed by atoms with Gasteiger partial charge in [0.25, 0.3) is 0 Å². The molecule has 0 atom stereocenters. The molecule has 0 radical (unpaired) electrons.